The Morgan fingerprint density at radius 3 is 3.10 bits per heavy atom. The molecule has 1 rings (SSSR count). The molecule has 1 aliphatic heterocycles. The molecule has 1 saturated heterocycles. The van der Waals surface area contributed by atoms with Gasteiger partial charge in [0.15, 0.2) is 0 Å². The summed E-state index contributed by atoms with van der Waals surface area (Å²) in [6.07, 6.45) is 0. The SMILES string of the molecule is CC1(N)CNCCS(=O)C1. The van der Waals surface area contributed by atoms with Crippen LogP contribution in [-0.2, 0) is 10.8 Å². The van der Waals surface area contributed by atoms with Gasteiger partial charge in [-0.15, -0.1) is 0 Å². The minimum Gasteiger partial charge on any atom is -0.323 e. The zero-order valence-electron chi connectivity index (χ0n) is 6.22. The molecule has 4 heteroatoms. The predicted molar refractivity (Wildman–Crippen MR) is 43.3 cm³/mol. The molecule has 0 aromatic heterocycles. The summed E-state index contributed by atoms with van der Waals surface area (Å²) in [7, 11) is -0.715. The maximum atomic E-state index is 11.1. The number of nitrogens with two attached hydrogens (primary N) is 1. The van der Waals surface area contributed by atoms with Crippen LogP contribution in [0.5, 0.6) is 0 Å². The van der Waals surface area contributed by atoms with E-state index in [4.69, 9.17) is 5.73 Å². The molecule has 0 saturated carbocycles. The summed E-state index contributed by atoms with van der Waals surface area (Å²) in [6.45, 7) is 3.54. The lowest BCUT2D eigenvalue weighted by molar-refractivity contribution is 0.489. The Labute approximate surface area is 63.8 Å². The van der Waals surface area contributed by atoms with Crippen molar-refractivity contribution in [2.75, 3.05) is 24.6 Å². The molecule has 0 aromatic rings. The van der Waals surface area contributed by atoms with Crippen molar-refractivity contribution in [3.8, 4) is 0 Å². The Kier molecular flexibility index (Phi) is 2.44. The molecule has 1 aliphatic rings. The van der Waals surface area contributed by atoms with Crippen molar-refractivity contribution in [2.45, 2.75) is 12.5 Å². The lowest BCUT2D eigenvalue weighted by atomic mass is 10.1. The van der Waals surface area contributed by atoms with Gasteiger partial charge >= 0.3 is 0 Å². The standard InChI is InChI=1S/C6H14N2OS/c1-6(7)4-8-2-3-10(9)5-6/h8H,2-5,7H2,1H3. The molecule has 3 nitrogen and oxygen atoms in total. The summed E-state index contributed by atoms with van der Waals surface area (Å²) in [5.74, 6) is 1.37. The minimum absolute atomic E-state index is 0.276. The van der Waals surface area contributed by atoms with Gasteiger partial charge in [-0.2, -0.15) is 0 Å². The van der Waals surface area contributed by atoms with Crippen molar-refractivity contribution >= 4 is 10.8 Å². The predicted octanol–water partition coefficient (Wildman–Crippen LogP) is -0.944. The van der Waals surface area contributed by atoms with Crippen LogP contribution in [0.25, 0.3) is 0 Å². The first-order chi connectivity index (χ1) is 4.60. The molecule has 0 spiro atoms. The summed E-state index contributed by atoms with van der Waals surface area (Å²) in [4.78, 5) is 0. The Bertz CT molecular complexity index is 147. The molecule has 0 amide bonds. The second kappa shape index (κ2) is 2.98. The van der Waals surface area contributed by atoms with Gasteiger partial charge < -0.3 is 11.1 Å². The van der Waals surface area contributed by atoms with Crippen LogP contribution in [0.1, 0.15) is 6.92 Å². The van der Waals surface area contributed by atoms with E-state index in [-0.39, 0.29) is 5.54 Å². The first-order valence-corrected chi connectivity index (χ1v) is 4.93. The van der Waals surface area contributed by atoms with Gasteiger partial charge in [-0.05, 0) is 6.92 Å². The van der Waals surface area contributed by atoms with E-state index in [9.17, 15) is 4.21 Å². The normalized spacial score (nSPS) is 42.8. The lowest BCUT2D eigenvalue weighted by Crippen LogP contribution is -2.48. The van der Waals surface area contributed by atoms with E-state index in [0.717, 1.165) is 18.8 Å². The van der Waals surface area contributed by atoms with Crippen LogP contribution in [-0.4, -0.2) is 34.3 Å². The third kappa shape index (κ3) is 2.36. The van der Waals surface area contributed by atoms with E-state index in [0.29, 0.717) is 5.75 Å². The van der Waals surface area contributed by atoms with Gasteiger partial charge in [0, 0.05) is 40.9 Å². The number of rotatable bonds is 0. The van der Waals surface area contributed by atoms with Crippen molar-refractivity contribution in [3.05, 3.63) is 0 Å². The quantitative estimate of drug-likeness (QED) is 0.483. The van der Waals surface area contributed by atoms with E-state index in [1.165, 1.54) is 0 Å². The summed E-state index contributed by atoms with van der Waals surface area (Å²) < 4.78 is 11.1. The van der Waals surface area contributed by atoms with Gasteiger partial charge in [0.2, 0.25) is 0 Å². The van der Waals surface area contributed by atoms with Gasteiger partial charge in [0.1, 0.15) is 0 Å². The minimum atomic E-state index is -0.715. The van der Waals surface area contributed by atoms with E-state index in [1.807, 2.05) is 6.92 Å². The lowest BCUT2D eigenvalue weighted by Gasteiger charge is -2.20. The van der Waals surface area contributed by atoms with Crippen molar-refractivity contribution < 1.29 is 4.21 Å². The Morgan fingerprint density at radius 2 is 2.40 bits per heavy atom. The second-order valence-electron chi connectivity index (χ2n) is 3.12. The largest absolute Gasteiger partial charge is 0.323 e. The molecule has 0 aliphatic carbocycles. The average molecular weight is 162 g/mol. The van der Waals surface area contributed by atoms with Crippen LogP contribution < -0.4 is 11.1 Å². The fourth-order valence-corrected chi connectivity index (χ4v) is 2.40. The average Bonchev–Trinajstić information content (AvgIpc) is 1.90. The maximum absolute atomic E-state index is 11.1. The van der Waals surface area contributed by atoms with Crippen LogP contribution in [0.15, 0.2) is 0 Å². The highest BCUT2D eigenvalue weighted by atomic mass is 32.2. The summed E-state index contributed by atoms with van der Waals surface area (Å²) >= 11 is 0. The van der Waals surface area contributed by atoms with Crippen LogP contribution in [0.2, 0.25) is 0 Å². The van der Waals surface area contributed by atoms with Crippen LogP contribution >= 0.6 is 0 Å². The van der Waals surface area contributed by atoms with Gasteiger partial charge in [0.05, 0.1) is 0 Å². The molecule has 3 N–H and O–H groups in total. The molecule has 60 valence electrons. The van der Waals surface area contributed by atoms with E-state index in [1.54, 1.807) is 0 Å². The molecule has 1 heterocycles. The Balaban J connectivity index is 2.54. The molecular formula is C6H14N2OS. The number of hydrogen-bond acceptors (Lipinski definition) is 3. The van der Waals surface area contributed by atoms with Crippen LogP contribution in [0, 0.1) is 0 Å². The molecular weight excluding hydrogens is 148 g/mol. The highest BCUT2D eigenvalue weighted by Gasteiger charge is 2.23. The topological polar surface area (TPSA) is 55.1 Å². The maximum Gasteiger partial charge on any atom is 0.0425 e. The fraction of sp³-hybridized carbons (Fsp3) is 1.00. The molecule has 10 heavy (non-hydrogen) atoms. The molecule has 2 unspecified atom stereocenters. The molecule has 0 radical (unpaired) electrons. The Hall–Kier alpha value is 0.0700. The third-order valence-electron chi connectivity index (χ3n) is 1.53. The van der Waals surface area contributed by atoms with E-state index >= 15 is 0 Å². The van der Waals surface area contributed by atoms with Crippen molar-refractivity contribution in [3.63, 3.8) is 0 Å². The molecule has 2 atom stereocenters. The van der Waals surface area contributed by atoms with Crippen molar-refractivity contribution in [2.24, 2.45) is 5.73 Å². The van der Waals surface area contributed by atoms with Gasteiger partial charge in [-0.25, -0.2) is 0 Å². The van der Waals surface area contributed by atoms with Crippen LogP contribution in [0.3, 0.4) is 0 Å². The van der Waals surface area contributed by atoms with Gasteiger partial charge in [-0.3, -0.25) is 4.21 Å². The summed E-state index contributed by atoms with van der Waals surface area (Å²) in [5, 5.41) is 3.15. The van der Waals surface area contributed by atoms with Gasteiger partial charge in [-0.1, -0.05) is 0 Å². The zero-order chi connectivity index (χ0) is 7.61. The van der Waals surface area contributed by atoms with E-state index < -0.39 is 10.8 Å². The highest BCUT2D eigenvalue weighted by molar-refractivity contribution is 7.85. The van der Waals surface area contributed by atoms with Gasteiger partial charge in [0.25, 0.3) is 0 Å². The highest BCUT2D eigenvalue weighted by Crippen LogP contribution is 2.03. The first-order valence-electron chi connectivity index (χ1n) is 3.45. The van der Waals surface area contributed by atoms with Crippen molar-refractivity contribution in [1.29, 1.82) is 0 Å². The second-order valence-corrected chi connectivity index (χ2v) is 4.70. The monoisotopic (exact) mass is 162 g/mol. The molecule has 1 fully saturated rings. The Morgan fingerprint density at radius 1 is 1.70 bits per heavy atom. The fourth-order valence-electron chi connectivity index (χ4n) is 1.05. The number of nitrogens with one attached hydrogen (secondary N) is 1. The molecule has 0 bridgehead atoms. The van der Waals surface area contributed by atoms with Crippen molar-refractivity contribution in [1.82, 2.24) is 5.32 Å². The smallest absolute Gasteiger partial charge is 0.0425 e. The van der Waals surface area contributed by atoms with Crippen LogP contribution in [0.4, 0.5) is 0 Å². The van der Waals surface area contributed by atoms with E-state index in [2.05, 4.69) is 5.32 Å². The zero-order valence-corrected chi connectivity index (χ0v) is 7.04. The molecule has 0 aromatic carbocycles. The summed E-state index contributed by atoms with van der Waals surface area (Å²) in [6, 6.07) is 0. The first kappa shape index (κ1) is 8.17. The summed E-state index contributed by atoms with van der Waals surface area (Å²) in [5.41, 5.74) is 5.54. The number of hydrogen-bond donors (Lipinski definition) is 2. The third-order valence-corrected chi connectivity index (χ3v) is 3.17.